The largest absolute Gasteiger partial charge is 0.444 e. The molecule has 3 aromatic rings. The van der Waals surface area contributed by atoms with Gasteiger partial charge in [-0.15, -0.1) is 0 Å². The molecule has 0 saturated carbocycles. The van der Waals surface area contributed by atoms with Crippen molar-refractivity contribution in [3.8, 4) is 0 Å². The lowest BCUT2D eigenvalue weighted by atomic mass is 10.2. The topological polar surface area (TPSA) is 116 Å². The number of amides is 4. The van der Waals surface area contributed by atoms with Crippen LogP contribution in [0.3, 0.4) is 0 Å². The van der Waals surface area contributed by atoms with Crippen LogP contribution in [-0.2, 0) is 11.3 Å². The molecule has 0 aliphatic carbocycles. The van der Waals surface area contributed by atoms with Crippen LogP contribution in [0.25, 0.3) is 0 Å². The van der Waals surface area contributed by atoms with E-state index in [1.165, 1.54) is 11.3 Å². The van der Waals surface area contributed by atoms with Gasteiger partial charge in [0.2, 0.25) is 0 Å². The SMILES string of the molecule is CN(C)CCN(Cc1ccc(C(=O)Nc2ccccc2NC(=O)OC(C)(C)C)nc1)C(=O)Nc1ccsc1. The zero-order chi connectivity index (χ0) is 27.7. The number of carbonyl (C=O) groups excluding carboxylic acids is 3. The zero-order valence-electron chi connectivity index (χ0n) is 22.3. The Morgan fingerprint density at radius 2 is 1.66 bits per heavy atom. The van der Waals surface area contributed by atoms with Crippen LogP contribution >= 0.6 is 11.3 Å². The van der Waals surface area contributed by atoms with Crippen molar-refractivity contribution in [1.82, 2.24) is 14.8 Å². The first kappa shape index (κ1) is 28.6. The standard InChI is InChI=1S/C27H34N6O4S/c1-27(2,3)37-26(36)31-22-9-7-6-8-21(22)30-24(34)23-11-10-19(16-28-23)17-33(14-13-32(4)5)25(35)29-20-12-15-38-18-20/h6-12,15-16,18H,13-14,17H2,1-5H3,(H,29,35)(H,30,34)(H,31,36). The molecule has 0 unspecified atom stereocenters. The van der Waals surface area contributed by atoms with E-state index in [1.54, 1.807) is 68.3 Å². The molecule has 4 amide bonds. The summed E-state index contributed by atoms with van der Waals surface area (Å²) in [5, 5.41) is 12.1. The maximum absolute atomic E-state index is 12.9. The predicted octanol–water partition coefficient (Wildman–Crippen LogP) is 5.34. The summed E-state index contributed by atoms with van der Waals surface area (Å²) in [6, 6.07) is 11.8. The predicted molar refractivity (Wildman–Crippen MR) is 151 cm³/mol. The van der Waals surface area contributed by atoms with Gasteiger partial charge in [0.25, 0.3) is 5.91 Å². The molecule has 0 spiro atoms. The fourth-order valence-corrected chi connectivity index (χ4v) is 3.87. The second-order valence-corrected chi connectivity index (χ2v) is 10.6. The van der Waals surface area contributed by atoms with Crippen molar-refractivity contribution in [1.29, 1.82) is 0 Å². The Kier molecular flexibility index (Phi) is 9.80. The Morgan fingerprint density at radius 3 is 2.24 bits per heavy atom. The van der Waals surface area contributed by atoms with Crippen molar-refractivity contribution in [2.24, 2.45) is 0 Å². The minimum Gasteiger partial charge on any atom is -0.444 e. The van der Waals surface area contributed by atoms with Gasteiger partial charge in [-0.25, -0.2) is 9.59 Å². The number of aromatic nitrogens is 1. The normalized spacial score (nSPS) is 11.1. The summed E-state index contributed by atoms with van der Waals surface area (Å²) in [6.45, 7) is 6.86. The molecule has 0 aliphatic rings. The number of rotatable bonds is 9. The molecule has 202 valence electrons. The van der Waals surface area contributed by atoms with Gasteiger partial charge in [0.15, 0.2) is 0 Å². The quantitative estimate of drug-likeness (QED) is 0.339. The fraction of sp³-hybridized carbons (Fsp3) is 0.333. The Balaban J connectivity index is 1.66. The molecular formula is C27H34N6O4S. The number of carbonyl (C=O) groups is 3. The highest BCUT2D eigenvalue weighted by Crippen LogP contribution is 2.23. The van der Waals surface area contributed by atoms with E-state index < -0.39 is 17.6 Å². The first-order chi connectivity index (χ1) is 18.0. The van der Waals surface area contributed by atoms with Gasteiger partial charge in [-0.3, -0.25) is 15.1 Å². The highest BCUT2D eigenvalue weighted by molar-refractivity contribution is 7.08. The monoisotopic (exact) mass is 538 g/mol. The summed E-state index contributed by atoms with van der Waals surface area (Å²) in [7, 11) is 3.90. The molecule has 3 rings (SSSR count). The number of hydrogen-bond acceptors (Lipinski definition) is 7. The van der Waals surface area contributed by atoms with Crippen molar-refractivity contribution >= 4 is 46.4 Å². The highest BCUT2D eigenvalue weighted by atomic mass is 32.1. The maximum Gasteiger partial charge on any atom is 0.412 e. The van der Waals surface area contributed by atoms with E-state index in [9.17, 15) is 14.4 Å². The molecule has 0 atom stereocenters. The molecule has 2 heterocycles. The second-order valence-electron chi connectivity index (χ2n) is 9.85. The molecule has 0 fully saturated rings. The van der Waals surface area contributed by atoms with Crippen LogP contribution in [0.4, 0.5) is 26.7 Å². The number of hydrogen-bond donors (Lipinski definition) is 3. The minimum atomic E-state index is -0.652. The zero-order valence-corrected chi connectivity index (χ0v) is 23.1. The third kappa shape index (κ3) is 9.16. The molecule has 0 saturated heterocycles. The molecule has 2 aromatic heterocycles. The molecule has 0 aliphatic heterocycles. The second kappa shape index (κ2) is 13.0. The average Bonchev–Trinajstić information content (AvgIpc) is 3.35. The molecule has 10 nitrogen and oxygen atoms in total. The van der Waals surface area contributed by atoms with E-state index in [1.807, 2.05) is 35.8 Å². The van der Waals surface area contributed by atoms with Gasteiger partial charge in [-0.1, -0.05) is 18.2 Å². The number of ether oxygens (including phenoxy) is 1. The van der Waals surface area contributed by atoms with Crippen molar-refractivity contribution in [3.05, 3.63) is 70.7 Å². The van der Waals surface area contributed by atoms with Gasteiger partial charge < -0.3 is 25.2 Å². The molecular weight excluding hydrogens is 504 g/mol. The van der Waals surface area contributed by atoms with Crippen LogP contribution in [0.2, 0.25) is 0 Å². The van der Waals surface area contributed by atoms with Gasteiger partial charge in [0.1, 0.15) is 11.3 Å². The summed E-state index contributed by atoms with van der Waals surface area (Å²) in [5.74, 6) is -0.436. The summed E-state index contributed by atoms with van der Waals surface area (Å²) in [4.78, 5) is 46.0. The number of pyridine rings is 1. The smallest absolute Gasteiger partial charge is 0.412 e. The Hall–Kier alpha value is -3.96. The number of urea groups is 1. The van der Waals surface area contributed by atoms with Gasteiger partial charge >= 0.3 is 12.1 Å². The van der Waals surface area contributed by atoms with E-state index >= 15 is 0 Å². The third-order valence-corrected chi connectivity index (χ3v) is 5.80. The Bertz CT molecular complexity index is 1220. The van der Waals surface area contributed by atoms with Crippen molar-refractivity contribution in [2.45, 2.75) is 32.9 Å². The molecule has 38 heavy (non-hydrogen) atoms. The van der Waals surface area contributed by atoms with E-state index in [-0.39, 0.29) is 11.7 Å². The number of nitrogens with one attached hydrogen (secondary N) is 3. The molecule has 11 heteroatoms. The van der Waals surface area contributed by atoms with Gasteiger partial charge in [0.05, 0.1) is 17.1 Å². The Labute approximate surface area is 227 Å². The van der Waals surface area contributed by atoms with Crippen LogP contribution in [0.1, 0.15) is 36.8 Å². The Morgan fingerprint density at radius 1 is 0.947 bits per heavy atom. The van der Waals surface area contributed by atoms with Crippen LogP contribution < -0.4 is 16.0 Å². The van der Waals surface area contributed by atoms with Crippen LogP contribution in [0.15, 0.2) is 59.4 Å². The van der Waals surface area contributed by atoms with E-state index in [0.717, 1.165) is 11.3 Å². The summed E-state index contributed by atoms with van der Waals surface area (Å²) in [6.07, 6.45) is 0.962. The fourth-order valence-electron chi connectivity index (χ4n) is 3.28. The molecule has 0 radical (unpaired) electrons. The van der Waals surface area contributed by atoms with Crippen molar-refractivity contribution < 1.29 is 19.1 Å². The van der Waals surface area contributed by atoms with Gasteiger partial charge in [-0.05, 0) is 70.1 Å². The lowest BCUT2D eigenvalue weighted by Gasteiger charge is -2.24. The summed E-state index contributed by atoms with van der Waals surface area (Å²) < 4.78 is 5.30. The van der Waals surface area contributed by atoms with Crippen LogP contribution in [0, 0.1) is 0 Å². The first-order valence-corrected chi connectivity index (χ1v) is 13.0. The first-order valence-electron chi connectivity index (χ1n) is 12.1. The van der Waals surface area contributed by atoms with Crippen molar-refractivity contribution in [2.75, 3.05) is 43.1 Å². The lowest BCUT2D eigenvalue weighted by molar-refractivity contribution is 0.0635. The van der Waals surface area contributed by atoms with E-state index in [2.05, 4.69) is 20.9 Å². The van der Waals surface area contributed by atoms with E-state index in [0.29, 0.717) is 31.0 Å². The third-order valence-electron chi connectivity index (χ3n) is 5.12. The van der Waals surface area contributed by atoms with E-state index in [4.69, 9.17) is 4.74 Å². The molecule has 0 bridgehead atoms. The number of para-hydroxylation sites is 2. The highest BCUT2D eigenvalue weighted by Gasteiger charge is 2.19. The van der Waals surface area contributed by atoms with Gasteiger partial charge in [0, 0.05) is 31.2 Å². The number of thiophene rings is 1. The lowest BCUT2D eigenvalue weighted by Crippen LogP contribution is -2.39. The summed E-state index contributed by atoms with van der Waals surface area (Å²) in [5.41, 5.74) is 1.90. The van der Waals surface area contributed by atoms with Crippen LogP contribution in [0.5, 0.6) is 0 Å². The number of likely N-dealkylation sites (N-methyl/N-ethyl adjacent to an activating group) is 1. The van der Waals surface area contributed by atoms with Crippen LogP contribution in [-0.4, -0.2) is 65.6 Å². The molecule has 1 aromatic carbocycles. The number of nitrogens with zero attached hydrogens (tertiary/aromatic N) is 3. The van der Waals surface area contributed by atoms with Crippen molar-refractivity contribution in [3.63, 3.8) is 0 Å². The minimum absolute atomic E-state index is 0.198. The summed E-state index contributed by atoms with van der Waals surface area (Å²) >= 11 is 1.51. The number of benzene rings is 1. The molecule has 3 N–H and O–H groups in total. The maximum atomic E-state index is 12.9. The number of anilines is 3. The average molecular weight is 539 g/mol. The van der Waals surface area contributed by atoms with Gasteiger partial charge in [-0.2, -0.15) is 11.3 Å².